The predicted molar refractivity (Wildman–Crippen MR) is 112 cm³/mol. The summed E-state index contributed by atoms with van der Waals surface area (Å²) in [4.78, 5) is 39.5. The fraction of sp³-hybridized carbons (Fsp3) is 0.600. The summed E-state index contributed by atoms with van der Waals surface area (Å²) in [7, 11) is 0. The van der Waals surface area contributed by atoms with Crippen molar-refractivity contribution >= 4 is 41.1 Å². The van der Waals surface area contributed by atoms with Gasteiger partial charge in [0.2, 0.25) is 5.51 Å². The maximum Gasteiger partial charge on any atom is 0.408 e. The van der Waals surface area contributed by atoms with Gasteiger partial charge < -0.3 is 15.2 Å². The van der Waals surface area contributed by atoms with E-state index in [1.807, 2.05) is 0 Å². The SMILES string of the molecule is CC(C)(C)OC(=O)N[C@@H]1C(=O)N2C(C(=O)O)=C(C[n+]3csc4c3CCCC4)CS[C@@H]12. The van der Waals surface area contributed by atoms with E-state index in [9.17, 15) is 19.5 Å². The number of aryl methyl sites for hydroxylation is 1. The van der Waals surface area contributed by atoms with Crippen LogP contribution in [-0.4, -0.2) is 50.7 Å². The third-order valence-corrected chi connectivity index (χ3v) is 7.77. The van der Waals surface area contributed by atoms with Gasteiger partial charge in [-0.25, -0.2) is 9.59 Å². The number of thioether (sulfide) groups is 1. The molecule has 0 bridgehead atoms. The minimum absolute atomic E-state index is 0.0502. The van der Waals surface area contributed by atoms with Gasteiger partial charge in [-0.05, 0) is 40.0 Å². The maximum absolute atomic E-state index is 12.7. The van der Waals surface area contributed by atoms with Crippen LogP contribution in [0.4, 0.5) is 4.79 Å². The molecule has 0 saturated carbocycles. The van der Waals surface area contributed by atoms with E-state index in [2.05, 4.69) is 15.4 Å². The van der Waals surface area contributed by atoms with Crippen LogP contribution in [0.2, 0.25) is 0 Å². The first-order valence-corrected chi connectivity index (χ1v) is 12.0. The zero-order chi connectivity index (χ0) is 21.6. The first kappa shape index (κ1) is 21.2. The average Bonchev–Trinajstić information content (AvgIpc) is 3.07. The summed E-state index contributed by atoms with van der Waals surface area (Å²) in [6, 6.07) is -0.776. The lowest BCUT2D eigenvalue weighted by molar-refractivity contribution is -0.692. The molecule has 0 spiro atoms. The van der Waals surface area contributed by atoms with E-state index in [1.165, 1.54) is 33.7 Å². The number of thiazole rings is 1. The molecule has 1 fully saturated rings. The third kappa shape index (κ3) is 3.94. The van der Waals surface area contributed by atoms with Gasteiger partial charge in [-0.3, -0.25) is 9.69 Å². The highest BCUT2D eigenvalue weighted by Crippen LogP contribution is 2.40. The number of hydrogen-bond acceptors (Lipinski definition) is 6. The lowest BCUT2D eigenvalue weighted by Gasteiger charge is -2.49. The summed E-state index contributed by atoms with van der Waals surface area (Å²) in [5, 5.41) is 12.0. The number of aliphatic carboxylic acids is 1. The molecule has 1 aromatic heterocycles. The second kappa shape index (κ2) is 7.88. The van der Waals surface area contributed by atoms with Crippen LogP contribution in [0.5, 0.6) is 0 Å². The van der Waals surface area contributed by atoms with E-state index < -0.39 is 35.0 Å². The van der Waals surface area contributed by atoms with Crippen LogP contribution in [0, 0.1) is 0 Å². The van der Waals surface area contributed by atoms with Gasteiger partial charge >= 0.3 is 12.1 Å². The molecule has 1 aromatic rings. The first-order valence-electron chi connectivity index (χ1n) is 10.0. The average molecular weight is 453 g/mol. The first-order chi connectivity index (χ1) is 14.2. The lowest BCUT2D eigenvalue weighted by atomic mass is 10.0. The molecule has 30 heavy (non-hydrogen) atoms. The van der Waals surface area contributed by atoms with Crippen LogP contribution < -0.4 is 9.88 Å². The van der Waals surface area contributed by atoms with E-state index in [4.69, 9.17) is 4.74 Å². The van der Waals surface area contributed by atoms with Crippen LogP contribution in [-0.2, 0) is 33.7 Å². The van der Waals surface area contributed by atoms with Gasteiger partial charge in [-0.1, -0.05) is 11.3 Å². The number of carbonyl (C=O) groups is 3. The minimum Gasteiger partial charge on any atom is -0.477 e. The molecule has 0 aromatic carbocycles. The second-order valence-electron chi connectivity index (χ2n) is 8.72. The zero-order valence-electron chi connectivity index (χ0n) is 17.3. The van der Waals surface area contributed by atoms with Gasteiger partial charge in [0, 0.05) is 17.7 Å². The highest BCUT2D eigenvalue weighted by atomic mass is 32.2. The summed E-state index contributed by atoms with van der Waals surface area (Å²) in [5.74, 6) is -1.02. The Bertz CT molecular complexity index is 933. The smallest absolute Gasteiger partial charge is 0.408 e. The largest absolute Gasteiger partial charge is 0.477 e. The number of amides is 2. The highest BCUT2D eigenvalue weighted by molar-refractivity contribution is 8.00. The topological polar surface area (TPSA) is 99.8 Å². The van der Waals surface area contributed by atoms with Crippen LogP contribution >= 0.6 is 23.1 Å². The molecule has 3 heterocycles. The molecule has 2 N–H and O–H groups in total. The number of nitrogens with one attached hydrogen (secondary N) is 1. The molecule has 10 heteroatoms. The molecule has 1 aliphatic carbocycles. The summed E-state index contributed by atoms with van der Waals surface area (Å²) in [6.07, 6.45) is 3.76. The Morgan fingerprint density at radius 3 is 2.77 bits per heavy atom. The van der Waals surface area contributed by atoms with Gasteiger partial charge in [-0.15, -0.1) is 11.8 Å². The standard InChI is InChI=1S/C20H25N3O5S2/c1-20(2,3)28-19(27)21-14-16(24)23-15(18(25)26)11(9-29-17(14)23)8-22-10-30-13-7-5-4-6-12(13)22/h10,14,17H,4-9H2,1-3H3,(H-,21,25,26,27)/p+1/t14-,17+/m1/s1. The van der Waals surface area contributed by atoms with Crippen molar-refractivity contribution in [3.05, 3.63) is 27.4 Å². The van der Waals surface area contributed by atoms with Crippen LogP contribution in [0.3, 0.4) is 0 Å². The summed E-state index contributed by atoms with van der Waals surface area (Å²) in [6.45, 7) is 5.71. The molecule has 2 atom stereocenters. The molecule has 1 saturated heterocycles. The molecule has 8 nitrogen and oxygen atoms in total. The molecule has 0 unspecified atom stereocenters. The van der Waals surface area contributed by atoms with E-state index in [-0.39, 0.29) is 5.70 Å². The van der Waals surface area contributed by atoms with Crippen molar-refractivity contribution < 1.29 is 28.8 Å². The number of rotatable bonds is 4. The van der Waals surface area contributed by atoms with Gasteiger partial charge in [0.1, 0.15) is 22.7 Å². The number of aromatic nitrogens is 1. The Hall–Kier alpha value is -2.07. The molecular weight excluding hydrogens is 426 g/mol. The van der Waals surface area contributed by atoms with Crippen molar-refractivity contribution in [2.45, 2.75) is 70.0 Å². The van der Waals surface area contributed by atoms with Crippen LogP contribution in [0.25, 0.3) is 0 Å². The summed E-state index contributed by atoms with van der Waals surface area (Å²) in [5.41, 5.74) is 3.45. The molecule has 3 aliphatic rings. The monoisotopic (exact) mass is 452 g/mol. The Labute approximate surface area is 183 Å². The number of alkyl carbamates (subject to hydrolysis) is 1. The molecular formula is C20H26N3O5S2+. The summed E-state index contributed by atoms with van der Waals surface area (Å²) < 4.78 is 7.37. The van der Waals surface area contributed by atoms with E-state index in [0.717, 1.165) is 24.8 Å². The number of hydrogen-bond donors (Lipinski definition) is 2. The molecule has 2 amide bonds. The number of carbonyl (C=O) groups excluding carboxylic acids is 2. The quantitative estimate of drug-likeness (QED) is 0.536. The third-order valence-electron chi connectivity index (χ3n) is 5.34. The Morgan fingerprint density at radius 1 is 1.33 bits per heavy atom. The van der Waals surface area contributed by atoms with Crippen molar-refractivity contribution in [2.24, 2.45) is 0 Å². The van der Waals surface area contributed by atoms with Crippen molar-refractivity contribution in [1.29, 1.82) is 0 Å². The van der Waals surface area contributed by atoms with Crippen LogP contribution in [0.1, 0.15) is 44.2 Å². The fourth-order valence-corrected chi connectivity index (χ4v) is 6.47. The number of nitrogens with zero attached hydrogens (tertiary/aromatic N) is 2. The van der Waals surface area contributed by atoms with Crippen molar-refractivity contribution in [2.75, 3.05) is 5.75 Å². The Morgan fingerprint density at radius 2 is 2.07 bits per heavy atom. The Balaban J connectivity index is 1.53. The molecule has 0 radical (unpaired) electrons. The predicted octanol–water partition coefficient (Wildman–Crippen LogP) is 2.06. The van der Waals surface area contributed by atoms with Gasteiger partial charge in [-0.2, -0.15) is 4.57 Å². The summed E-state index contributed by atoms with van der Waals surface area (Å²) >= 11 is 3.20. The van der Waals surface area contributed by atoms with Gasteiger partial charge in [0.05, 0.1) is 4.88 Å². The van der Waals surface area contributed by atoms with Crippen LogP contribution in [0.15, 0.2) is 16.8 Å². The molecule has 4 rings (SSSR count). The van der Waals surface area contributed by atoms with Crippen molar-refractivity contribution in [3.8, 4) is 0 Å². The molecule has 2 aliphatic heterocycles. The zero-order valence-corrected chi connectivity index (χ0v) is 18.9. The maximum atomic E-state index is 12.7. The number of carboxylic acids is 1. The van der Waals surface area contributed by atoms with Gasteiger partial charge in [0.25, 0.3) is 5.91 Å². The normalized spacial score (nSPS) is 23.4. The number of β-lactam (4-membered cyclic amide) rings is 1. The van der Waals surface area contributed by atoms with E-state index in [1.54, 1.807) is 32.1 Å². The van der Waals surface area contributed by atoms with E-state index >= 15 is 0 Å². The number of fused-ring (bicyclic) bond motifs is 2. The van der Waals surface area contributed by atoms with Crippen molar-refractivity contribution in [3.63, 3.8) is 0 Å². The van der Waals surface area contributed by atoms with E-state index in [0.29, 0.717) is 12.3 Å². The van der Waals surface area contributed by atoms with Gasteiger partial charge in [0.15, 0.2) is 12.2 Å². The van der Waals surface area contributed by atoms with Crippen molar-refractivity contribution in [1.82, 2.24) is 10.2 Å². The minimum atomic E-state index is -1.11. The lowest BCUT2D eigenvalue weighted by Crippen LogP contribution is -2.71. The fourth-order valence-electron chi connectivity index (χ4n) is 4.06. The Kier molecular flexibility index (Phi) is 5.56. The molecule has 162 valence electrons. The number of ether oxygens (including phenoxy) is 1. The highest BCUT2D eigenvalue weighted by Gasteiger charge is 2.55. The second-order valence-corrected chi connectivity index (χ2v) is 10.8. The number of carboxylic acid groups (broad SMARTS) is 1.